The van der Waals surface area contributed by atoms with E-state index >= 15 is 0 Å². The second-order valence-electron chi connectivity index (χ2n) is 12.2. The summed E-state index contributed by atoms with van der Waals surface area (Å²) in [5.41, 5.74) is 7.35. The van der Waals surface area contributed by atoms with Crippen LogP contribution in [0.2, 0.25) is 0 Å². The largest absolute Gasteiger partial charge is 0.353 e. The Bertz CT molecular complexity index is 3070. The van der Waals surface area contributed by atoms with Crippen molar-refractivity contribution in [2.24, 2.45) is 0 Å². The third kappa shape index (κ3) is 3.36. The Morgan fingerprint density at radius 3 is 2.02 bits per heavy atom. The monoisotopic (exact) mass is 616 g/mol. The van der Waals surface area contributed by atoms with Crippen LogP contribution in [0.15, 0.2) is 140 Å². The minimum absolute atomic E-state index is 0.664. The van der Waals surface area contributed by atoms with Crippen LogP contribution < -0.4 is 0 Å². The van der Waals surface area contributed by atoms with Gasteiger partial charge in [0.05, 0.1) is 27.8 Å². The van der Waals surface area contributed by atoms with Crippen LogP contribution in [0.25, 0.3) is 103 Å². The topological polar surface area (TPSA) is 46.5 Å². The zero-order valence-electron chi connectivity index (χ0n) is 25.0. The van der Waals surface area contributed by atoms with Crippen LogP contribution in [0.3, 0.4) is 0 Å². The first-order valence-corrected chi connectivity index (χ1v) is 16.7. The van der Waals surface area contributed by atoms with Gasteiger partial charge in [-0.3, -0.25) is 4.57 Å². The van der Waals surface area contributed by atoms with Gasteiger partial charge in [0, 0.05) is 58.2 Å². The van der Waals surface area contributed by atoms with Gasteiger partial charge in [-0.2, -0.15) is 0 Å². The van der Waals surface area contributed by atoms with Crippen LogP contribution in [0.5, 0.6) is 0 Å². The van der Waals surface area contributed by atoms with Gasteiger partial charge < -0.3 is 4.98 Å². The average Bonchev–Trinajstić information content (AvgIpc) is 3.82. The lowest BCUT2D eigenvalue weighted by atomic mass is 9.99. The number of hydrogen-bond acceptors (Lipinski definition) is 3. The summed E-state index contributed by atoms with van der Waals surface area (Å²) in [5, 5.41) is 10.9. The van der Waals surface area contributed by atoms with Gasteiger partial charge in [-0.15, -0.1) is 11.3 Å². The highest BCUT2D eigenvalue weighted by Gasteiger charge is 2.24. The van der Waals surface area contributed by atoms with Crippen LogP contribution in [0.4, 0.5) is 0 Å². The highest BCUT2D eigenvalue weighted by molar-refractivity contribution is 7.26. The molecule has 4 heterocycles. The normalized spacial score (nSPS) is 12.3. The van der Waals surface area contributed by atoms with Crippen molar-refractivity contribution in [3.05, 3.63) is 140 Å². The van der Waals surface area contributed by atoms with Gasteiger partial charge in [-0.1, -0.05) is 109 Å². The van der Waals surface area contributed by atoms with Crippen LogP contribution in [-0.2, 0) is 0 Å². The Hall–Kier alpha value is -6.04. The number of H-pyrrole nitrogens is 1. The lowest BCUT2D eigenvalue weighted by molar-refractivity contribution is 1.02. The summed E-state index contributed by atoms with van der Waals surface area (Å²) < 4.78 is 4.81. The first-order valence-electron chi connectivity index (χ1n) is 15.9. The molecule has 0 aliphatic heterocycles. The second-order valence-corrected chi connectivity index (χ2v) is 13.3. The van der Waals surface area contributed by atoms with Crippen LogP contribution >= 0.6 is 11.3 Å². The van der Waals surface area contributed by atoms with Crippen LogP contribution in [0, 0.1) is 0 Å². The van der Waals surface area contributed by atoms with Gasteiger partial charge in [0.15, 0.2) is 0 Å². The lowest BCUT2D eigenvalue weighted by Crippen LogP contribution is -2.04. The van der Waals surface area contributed by atoms with E-state index in [2.05, 4.69) is 149 Å². The van der Waals surface area contributed by atoms with Gasteiger partial charge >= 0.3 is 0 Å². The van der Waals surface area contributed by atoms with Crippen molar-refractivity contribution in [1.82, 2.24) is 19.5 Å². The third-order valence-corrected chi connectivity index (χ3v) is 10.9. The predicted octanol–water partition coefficient (Wildman–Crippen LogP) is 11.5. The molecular formula is C42H24N4S. The van der Waals surface area contributed by atoms with E-state index < -0.39 is 0 Å². The molecule has 7 aromatic carbocycles. The quantitative estimate of drug-likeness (QED) is 0.210. The minimum atomic E-state index is 0.664. The number of thiophene rings is 1. The van der Waals surface area contributed by atoms with Crippen molar-refractivity contribution in [3.8, 4) is 17.2 Å². The predicted molar refractivity (Wildman–Crippen MR) is 199 cm³/mol. The molecule has 0 amide bonds. The number of aromatic amines is 1. The van der Waals surface area contributed by atoms with Gasteiger partial charge in [0.25, 0.3) is 0 Å². The molecule has 0 unspecified atom stereocenters. The van der Waals surface area contributed by atoms with Gasteiger partial charge in [0.1, 0.15) is 0 Å². The molecule has 0 spiro atoms. The number of fused-ring (bicyclic) bond motifs is 15. The second kappa shape index (κ2) is 9.25. The zero-order chi connectivity index (χ0) is 30.6. The minimum Gasteiger partial charge on any atom is -0.353 e. The fraction of sp³-hybridized carbons (Fsp3) is 0. The van der Waals surface area contributed by atoms with E-state index in [-0.39, 0.29) is 0 Å². The van der Waals surface area contributed by atoms with Crippen molar-refractivity contribution >= 4 is 96.8 Å². The Balaban J connectivity index is 1.37. The molecule has 0 aliphatic carbocycles. The van der Waals surface area contributed by atoms with Gasteiger partial charge in [0.2, 0.25) is 5.95 Å². The summed E-state index contributed by atoms with van der Waals surface area (Å²) in [4.78, 5) is 14.8. The molecular weight excluding hydrogens is 593 g/mol. The molecule has 0 atom stereocenters. The van der Waals surface area contributed by atoms with E-state index in [0.717, 1.165) is 44.2 Å². The van der Waals surface area contributed by atoms with E-state index in [1.165, 1.54) is 52.5 Å². The number of benzene rings is 7. The van der Waals surface area contributed by atoms with Crippen molar-refractivity contribution in [2.75, 3.05) is 0 Å². The molecule has 5 heteroatoms. The summed E-state index contributed by atoms with van der Waals surface area (Å²) in [5.74, 6) is 0.664. The molecule has 218 valence electrons. The molecule has 0 fully saturated rings. The maximum absolute atomic E-state index is 5.53. The van der Waals surface area contributed by atoms with E-state index in [9.17, 15) is 0 Å². The van der Waals surface area contributed by atoms with E-state index in [4.69, 9.17) is 9.97 Å². The molecule has 4 nitrogen and oxygen atoms in total. The number of hydrogen-bond donors (Lipinski definition) is 1. The smallest absolute Gasteiger partial charge is 0.235 e. The third-order valence-electron chi connectivity index (χ3n) is 9.72. The SMILES string of the molecule is c1ccc(-c2nc(-n3c4ccccc4c4c5ccccc5c5c6ccccc6[nH]c5c43)nc3ccc4sc5ccccc5c4c23)cc1. The molecule has 0 bridgehead atoms. The Kier molecular flexibility index (Phi) is 4.96. The summed E-state index contributed by atoms with van der Waals surface area (Å²) in [6, 6.07) is 49.7. The molecule has 0 saturated carbocycles. The fourth-order valence-electron chi connectivity index (χ4n) is 7.81. The maximum Gasteiger partial charge on any atom is 0.235 e. The molecule has 1 N–H and O–H groups in total. The lowest BCUT2D eigenvalue weighted by Gasteiger charge is -2.13. The van der Waals surface area contributed by atoms with E-state index in [1.54, 1.807) is 0 Å². The number of aromatic nitrogens is 4. The van der Waals surface area contributed by atoms with Crippen molar-refractivity contribution in [1.29, 1.82) is 0 Å². The summed E-state index contributed by atoms with van der Waals surface area (Å²) in [6.45, 7) is 0. The zero-order valence-corrected chi connectivity index (χ0v) is 25.8. The number of nitrogens with one attached hydrogen (secondary N) is 1. The molecule has 47 heavy (non-hydrogen) atoms. The average molecular weight is 617 g/mol. The highest BCUT2D eigenvalue weighted by Crippen LogP contribution is 2.45. The van der Waals surface area contributed by atoms with E-state index in [0.29, 0.717) is 5.95 Å². The molecule has 0 saturated heterocycles. The van der Waals surface area contributed by atoms with E-state index in [1.807, 2.05) is 11.3 Å². The maximum atomic E-state index is 5.53. The fourth-order valence-corrected chi connectivity index (χ4v) is 8.92. The summed E-state index contributed by atoms with van der Waals surface area (Å²) >= 11 is 1.83. The highest BCUT2D eigenvalue weighted by atomic mass is 32.1. The Morgan fingerprint density at radius 2 is 1.17 bits per heavy atom. The summed E-state index contributed by atoms with van der Waals surface area (Å²) in [6.07, 6.45) is 0. The number of para-hydroxylation sites is 2. The molecule has 11 aromatic rings. The van der Waals surface area contributed by atoms with Crippen molar-refractivity contribution in [2.45, 2.75) is 0 Å². The molecule has 0 aliphatic rings. The standard InChI is InChI=1S/C42H24N4S/c1-2-12-24(13-3-1)39-38-31(22-23-34-37(38)29-18-8-11-21-33(29)47-34)44-42(45-39)46-32-20-10-7-17-28(32)36-26-15-5-4-14-25(26)35-27-16-6-9-19-30(27)43-40(35)41(36)46/h1-23,43H. The van der Waals surface area contributed by atoms with Crippen molar-refractivity contribution < 1.29 is 0 Å². The van der Waals surface area contributed by atoms with Gasteiger partial charge in [-0.05, 0) is 41.1 Å². The molecule has 0 radical (unpaired) electrons. The first kappa shape index (κ1) is 25.2. The van der Waals surface area contributed by atoms with Crippen molar-refractivity contribution in [3.63, 3.8) is 0 Å². The number of nitrogens with zero attached hydrogens (tertiary/aromatic N) is 3. The van der Waals surface area contributed by atoms with Gasteiger partial charge in [-0.25, -0.2) is 9.97 Å². The first-order chi connectivity index (χ1) is 23.3. The summed E-state index contributed by atoms with van der Waals surface area (Å²) in [7, 11) is 0. The Labute approximate surface area is 272 Å². The van der Waals surface area contributed by atoms with Crippen LogP contribution in [-0.4, -0.2) is 19.5 Å². The number of rotatable bonds is 2. The Morgan fingerprint density at radius 1 is 0.489 bits per heavy atom. The molecule has 4 aromatic heterocycles. The molecule has 11 rings (SSSR count). The van der Waals surface area contributed by atoms with Crippen LogP contribution in [0.1, 0.15) is 0 Å².